The average molecular weight is 1270 g/mol. The van der Waals surface area contributed by atoms with Crippen LogP contribution >= 0.6 is 0 Å². The number of nitrogens with one attached hydrogen (secondary N) is 1. The van der Waals surface area contributed by atoms with Crippen LogP contribution in [0.4, 0.5) is 0 Å². The van der Waals surface area contributed by atoms with Crippen molar-refractivity contribution in [2.45, 2.75) is 257 Å². The second-order valence-electron chi connectivity index (χ2n) is 27.5. The summed E-state index contributed by atoms with van der Waals surface area (Å²) in [4.78, 5) is 12.7. The molecule has 11 rings (SSSR count). The molecule has 1 spiro atoms. The van der Waals surface area contributed by atoms with Gasteiger partial charge in [0.05, 0.1) is 51.8 Å². The summed E-state index contributed by atoms with van der Waals surface area (Å²) in [6.07, 6.45) is -34.8. The maximum absolute atomic E-state index is 12.7. The molecule has 0 aromatic heterocycles. The van der Waals surface area contributed by atoms with Gasteiger partial charge in [-0.3, -0.25) is 10.1 Å². The Balaban J connectivity index is 0.728. The number of carbonyl (C=O) groups is 1. The summed E-state index contributed by atoms with van der Waals surface area (Å²) in [6, 6.07) is 0. The smallest absolute Gasteiger partial charge is 0.303 e. The zero-order valence-corrected chi connectivity index (χ0v) is 49.9. The van der Waals surface area contributed by atoms with Crippen molar-refractivity contribution in [3.63, 3.8) is 0 Å². The lowest BCUT2D eigenvalue weighted by molar-refractivity contribution is -0.404. The van der Waals surface area contributed by atoms with E-state index in [0.717, 1.165) is 38.5 Å². The van der Waals surface area contributed by atoms with Crippen molar-refractivity contribution >= 4 is 5.97 Å². The summed E-state index contributed by atoms with van der Waals surface area (Å²) < 4.78 is 72.8. The molecule has 0 amide bonds. The van der Waals surface area contributed by atoms with Gasteiger partial charge in [0.1, 0.15) is 122 Å². The number of piperidine rings is 1. The van der Waals surface area contributed by atoms with Crippen molar-refractivity contribution in [2.75, 3.05) is 46.2 Å². The second kappa shape index (κ2) is 26.9. The molecule has 7 aliphatic heterocycles. The number of aliphatic hydroxyl groups excluding tert-OH is 16. The van der Waals surface area contributed by atoms with Crippen molar-refractivity contribution in [3.8, 4) is 0 Å². The van der Waals surface area contributed by atoms with Gasteiger partial charge in [-0.15, -0.1) is 0 Å². The van der Waals surface area contributed by atoms with Gasteiger partial charge in [0.25, 0.3) is 0 Å². The van der Waals surface area contributed by atoms with Gasteiger partial charge in [0, 0.05) is 19.4 Å². The molecule has 37 atom stereocenters. The zero-order chi connectivity index (χ0) is 63.2. The average Bonchev–Trinajstić information content (AvgIpc) is 1.50. The van der Waals surface area contributed by atoms with Crippen LogP contribution in [0.15, 0.2) is 0 Å². The molecule has 7 saturated heterocycles. The highest BCUT2D eigenvalue weighted by Crippen LogP contribution is 2.71. The molecule has 506 valence electrons. The fourth-order valence-corrected chi connectivity index (χ4v) is 18.0. The minimum absolute atomic E-state index is 0.0503. The standard InChI is InChI=1S/C58H95NO29/c1-21-36-30(88-58(21)35(79-22(2)64)11-23(14-59-58)19-77-51-45(74)41(70)38(67)31(15-60)81-51)13-28-26-6-5-24-12-25(7-9-56(24,3)27(26)8-10-57(28,36)4)80-53-47(76)43(72)48(34(18-63)84-53)85-55-50(87-54-46(75)42(71)39(68)32(16-61)82-54)49(40(69)33(17-62)83-55)86-52-44(73)37(66)29(65)20-78-52/h21,23-55,59-63,65-76H,5-20H2,1-4H3/t21-,23-,24-,25-,26+,27-,28-,29+,30-,31+,32+,33+,34+,35+,36-,37-,38+,39+,40+,41-,42-,43+,44+,45+,46+,47+,48-,49-,50+,51+,52-,53+,54-,55-,56-,57-,58+/m0/s1. The van der Waals surface area contributed by atoms with Crippen LogP contribution in [-0.2, 0) is 61.6 Å². The van der Waals surface area contributed by atoms with E-state index in [-0.39, 0.29) is 47.2 Å². The lowest BCUT2D eigenvalue weighted by Gasteiger charge is -2.61. The Morgan fingerprint density at radius 1 is 0.545 bits per heavy atom. The molecule has 0 radical (unpaired) electrons. The third-order valence-corrected chi connectivity index (χ3v) is 22.7. The number of ether oxygens (including phenoxy) is 12. The zero-order valence-electron chi connectivity index (χ0n) is 49.9. The van der Waals surface area contributed by atoms with Crippen LogP contribution in [0, 0.1) is 52.3 Å². The Bertz CT molecular complexity index is 2330. The first-order chi connectivity index (χ1) is 41.8. The number of rotatable bonds is 16. The van der Waals surface area contributed by atoms with Crippen LogP contribution in [-0.4, -0.2) is 305 Å². The maximum Gasteiger partial charge on any atom is 0.303 e. The first-order valence-corrected chi connectivity index (χ1v) is 31.5. The van der Waals surface area contributed by atoms with E-state index in [0.29, 0.717) is 43.6 Å². The number of fused-ring (bicyclic) bond motifs is 7. The largest absolute Gasteiger partial charge is 0.458 e. The number of carbonyl (C=O) groups excluding carboxylic acids is 1. The number of esters is 1. The molecule has 0 bridgehead atoms. The Morgan fingerprint density at radius 3 is 1.78 bits per heavy atom. The normalized spacial score (nSPS) is 55.5. The van der Waals surface area contributed by atoms with Crippen molar-refractivity contribution < 1.29 is 143 Å². The molecule has 0 aromatic rings. The predicted molar refractivity (Wildman–Crippen MR) is 289 cm³/mol. The fraction of sp³-hybridized carbons (Fsp3) is 0.983. The lowest BCUT2D eigenvalue weighted by Crippen LogP contribution is -2.68. The van der Waals surface area contributed by atoms with Crippen LogP contribution in [0.3, 0.4) is 0 Å². The van der Waals surface area contributed by atoms with Crippen LogP contribution in [0.5, 0.6) is 0 Å². The highest BCUT2D eigenvalue weighted by atomic mass is 16.8. The van der Waals surface area contributed by atoms with Gasteiger partial charge in [-0.05, 0) is 104 Å². The van der Waals surface area contributed by atoms with Crippen molar-refractivity contribution in [1.29, 1.82) is 0 Å². The predicted octanol–water partition coefficient (Wildman–Crippen LogP) is -6.36. The number of hydrogen-bond donors (Lipinski definition) is 17. The van der Waals surface area contributed by atoms with Gasteiger partial charge in [-0.1, -0.05) is 20.8 Å². The molecule has 7 heterocycles. The van der Waals surface area contributed by atoms with Gasteiger partial charge in [-0.2, -0.15) is 0 Å². The molecule has 30 nitrogen and oxygen atoms in total. The van der Waals surface area contributed by atoms with Crippen molar-refractivity contribution in [3.05, 3.63) is 0 Å². The quantitative estimate of drug-likeness (QED) is 0.0505. The second-order valence-corrected chi connectivity index (χ2v) is 27.5. The summed E-state index contributed by atoms with van der Waals surface area (Å²) in [5, 5.41) is 175. The van der Waals surface area contributed by atoms with Gasteiger partial charge in [-0.25, -0.2) is 0 Å². The molecule has 30 heteroatoms. The molecule has 17 N–H and O–H groups in total. The van der Waals surface area contributed by atoms with Crippen LogP contribution in [0.1, 0.15) is 85.5 Å². The fourth-order valence-electron chi connectivity index (χ4n) is 18.0. The van der Waals surface area contributed by atoms with E-state index in [4.69, 9.17) is 56.8 Å². The van der Waals surface area contributed by atoms with E-state index in [1.54, 1.807) is 0 Å². The van der Waals surface area contributed by atoms with Gasteiger partial charge in [0.15, 0.2) is 37.2 Å². The van der Waals surface area contributed by atoms with E-state index in [2.05, 4.69) is 26.1 Å². The Hall–Kier alpha value is -1.65. The topological polar surface area (TPSA) is 464 Å². The van der Waals surface area contributed by atoms with Crippen molar-refractivity contribution in [2.24, 2.45) is 52.3 Å². The van der Waals surface area contributed by atoms with Crippen LogP contribution in [0.25, 0.3) is 0 Å². The van der Waals surface area contributed by atoms with E-state index < -0.39 is 204 Å². The molecular formula is C58H95NO29. The Labute approximate surface area is 508 Å². The Kier molecular flexibility index (Phi) is 20.7. The van der Waals surface area contributed by atoms with Gasteiger partial charge in [0.2, 0.25) is 0 Å². The van der Waals surface area contributed by atoms with E-state index in [1.807, 2.05) is 0 Å². The summed E-state index contributed by atoms with van der Waals surface area (Å²) in [5.74, 6) is 0.879. The SMILES string of the molecule is CC(=O)O[C@@H]1C[C@H](CO[C@@H]2O[C@H](CO)[C@@H](O)[C@H](O)[C@H]2O)CN[C@]12O[C@H]1C[C@H]3[C@@H]4CC[C@H]5C[C@@H](O[C@@H]6O[C@H](CO)[C@H](O[C@@H]7O[C@H](CO)[C@@H](O)[C@H](O[C@@H]8OC[C@@H](O)[C@H](O)[C@H]8O)[C@H]7O[C@@H]7O[C@H](CO)[C@@H](O)[C@H](O)[C@H]7O)[C@H](O)[C@H]6O)CC[C@]5(C)[C@H]4CC[C@]3(C)[C@H]1[C@@H]2C. The molecule has 88 heavy (non-hydrogen) atoms. The van der Waals surface area contributed by atoms with E-state index in [1.165, 1.54) is 6.92 Å². The molecule has 0 aromatic carbocycles. The highest BCUT2D eigenvalue weighted by Gasteiger charge is 2.71. The minimum atomic E-state index is -2.03. The monoisotopic (exact) mass is 1270 g/mol. The van der Waals surface area contributed by atoms with E-state index >= 15 is 0 Å². The minimum Gasteiger partial charge on any atom is -0.458 e. The highest BCUT2D eigenvalue weighted by molar-refractivity contribution is 5.66. The van der Waals surface area contributed by atoms with E-state index in [9.17, 15) is 86.5 Å². The van der Waals surface area contributed by atoms with Gasteiger partial charge < -0.3 is 139 Å². The maximum atomic E-state index is 12.7. The summed E-state index contributed by atoms with van der Waals surface area (Å²) in [6.45, 7) is 5.16. The summed E-state index contributed by atoms with van der Waals surface area (Å²) in [5.41, 5.74) is -1.09. The first kappa shape index (κ1) is 67.8. The molecule has 4 aliphatic carbocycles. The molecule has 0 unspecified atom stereocenters. The first-order valence-electron chi connectivity index (χ1n) is 31.5. The summed E-state index contributed by atoms with van der Waals surface area (Å²) in [7, 11) is 0. The molecular weight excluding hydrogens is 1170 g/mol. The third-order valence-electron chi connectivity index (χ3n) is 22.7. The van der Waals surface area contributed by atoms with Crippen LogP contribution in [0.2, 0.25) is 0 Å². The van der Waals surface area contributed by atoms with Crippen molar-refractivity contribution in [1.82, 2.24) is 5.32 Å². The van der Waals surface area contributed by atoms with Crippen LogP contribution < -0.4 is 5.32 Å². The lowest BCUT2D eigenvalue weighted by atomic mass is 9.44. The molecule has 11 fully saturated rings. The Morgan fingerprint density at radius 2 is 1.11 bits per heavy atom. The molecule has 11 aliphatic rings. The number of aliphatic hydroxyl groups is 16. The third kappa shape index (κ3) is 12.1. The number of hydrogen-bond acceptors (Lipinski definition) is 30. The van der Waals surface area contributed by atoms with Gasteiger partial charge >= 0.3 is 5.97 Å². The summed E-state index contributed by atoms with van der Waals surface area (Å²) >= 11 is 0. The molecule has 4 saturated carbocycles.